The van der Waals surface area contributed by atoms with Crippen LogP contribution >= 0.6 is 0 Å². The Kier molecular flexibility index (Phi) is 4.15. The van der Waals surface area contributed by atoms with Gasteiger partial charge < -0.3 is 10.6 Å². The number of carbonyl (C=O) groups is 1. The van der Waals surface area contributed by atoms with Gasteiger partial charge in [0.25, 0.3) is 5.69 Å². The fraction of sp³-hybridized carbons (Fsp3) is 0.385. The Hall–Kier alpha value is -2.62. The highest BCUT2D eigenvalue weighted by atomic mass is 16.6. The van der Waals surface area contributed by atoms with Crippen molar-refractivity contribution >= 4 is 17.3 Å². The molecule has 0 spiro atoms. The molecule has 0 unspecified atom stereocenters. The molecular weight excluding hydrogens is 260 g/mol. The van der Waals surface area contributed by atoms with Gasteiger partial charge in [0, 0.05) is 31.1 Å². The van der Waals surface area contributed by atoms with E-state index in [1.807, 2.05) is 6.07 Å². The van der Waals surface area contributed by atoms with Crippen molar-refractivity contribution in [1.29, 1.82) is 5.26 Å². The van der Waals surface area contributed by atoms with Gasteiger partial charge in [0.1, 0.15) is 6.07 Å². The molecule has 1 aliphatic carbocycles. The highest BCUT2D eigenvalue weighted by Crippen LogP contribution is 2.28. The van der Waals surface area contributed by atoms with Crippen LogP contribution in [0.5, 0.6) is 0 Å². The van der Waals surface area contributed by atoms with E-state index in [2.05, 4.69) is 10.6 Å². The van der Waals surface area contributed by atoms with Gasteiger partial charge in [0.15, 0.2) is 0 Å². The summed E-state index contributed by atoms with van der Waals surface area (Å²) in [6, 6.07) is 5.98. The summed E-state index contributed by atoms with van der Waals surface area (Å²) in [5, 5.41) is 25.4. The number of nitrogens with one attached hydrogen (secondary N) is 2. The SMILES string of the molecule is N#Cc1cc([N+](=O)[O-])ccc1NCCNC(=O)C1CC1. The molecule has 2 N–H and O–H groups in total. The standard InChI is InChI=1S/C13H14N4O3/c14-8-10-7-11(17(19)20)3-4-12(10)15-5-6-16-13(18)9-1-2-9/h3-4,7,9,15H,1-2,5-6H2,(H,16,18). The predicted molar refractivity (Wildman–Crippen MR) is 72.0 cm³/mol. The summed E-state index contributed by atoms with van der Waals surface area (Å²) in [7, 11) is 0. The molecule has 1 aromatic carbocycles. The van der Waals surface area contributed by atoms with Gasteiger partial charge in [-0.1, -0.05) is 0 Å². The fourth-order valence-electron chi connectivity index (χ4n) is 1.77. The Labute approximate surface area is 115 Å². The minimum Gasteiger partial charge on any atom is -0.382 e. The molecule has 1 amide bonds. The average molecular weight is 274 g/mol. The summed E-state index contributed by atoms with van der Waals surface area (Å²) in [4.78, 5) is 21.5. The van der Waals surface area contributed by atoms with Gasteiger partial charge in [-0.3, -0.25) is 14.9 Å². The topological polar surface area (TPSA) is 108 Å². The second kappa shape index (κ2) is 6.02. The first-order chi connectivity index (χ1) is 9.61. The van der Waals surface area contributed by atoms with Gasteiger partial charge in [-0.2, -0.15) is 5.26 Å². The molecule has 20 heavy (non-hydrogen) atoms. The number of benzene rings is 1. The lowest BCUT2D eigenvalue weighted by molar-refractivity contribution is -0.384. The highest BCUT2D eigenvalue weighted by Gasteiger charge is 2.28. The molecule has 0 saturated heterocycles. The maximum Gasteiger partial charge on any atom is 0.270 e. The summed E-state index contributed by atoms with van der Waals surface area (Å²) in [6.45, 7) is 0.919. The highest BCUT2D eigenvalue weighted by molar-refractivity contribution is 5.80. The van der Waals surface area contributed by atoms with Gasteiger partial charge in [-0.25, -0.2) is 0 Å². The van der Waals surface area contributed by atoms with Gasteiger partial charge in [0.05, 0.1) is 16.2 Å². The first-order valence-electron chi connectivity index (χ1n) is 6.32. The van der Waals surface area contributed by atoms with E-state index in [-0.39, 0.29) is 23.1 Å². The van der Waals surface area contributed by atoms with Crippen molar-refractivity contribution in [2.45, 2.75) is 12.8 Å². The van der Waals surface area contributed by atoms with Crippen LogP contribution in [-0.4, -0.2) is 23.9 Å². The number of non-ortho nitro benzene ring substituents is 1. The van der Waals surface area contributed by atoms with Crippen LogP contribution in [-0.2, 0) is 4.79 Å². The minimum atomic E-state index is -0.541. The largest absolute Gasteiger partial charge is 0.382 e. The maximum atomic E-state index is 11.4. The number of nitriles is 1. The number of nitro groups is 1. The molecule has 7 heteroatoms. The lowest BCUT2D eigenvalue weighted by Crippen LogP contribution is -2.29. The van der Waals surface area contributed by atoms with Gasteiger partial charge in [0.2, 0.25) is 5.91 Å². The smallest absolute Gasteiger partial charge is 0.270 e. The number of hydrogen-bond acceptors (Lipinski definition) is 5. The van der Waals surface area contributed by atoms with Crippen LogP contribution in [0.1, 0.15) is 18.4 Å². The van der Waals surface area contributed by atoms with Crippen molar-refractivity contribution in [1.82, 2.24) is 5.32 Å². The molecule has 1 saturated carbocycles. The van der Waals surface area contributed by atoms with Crippen LogP contribution < -0.4 is 10.6 Å². The van der Waals surface area contributed by atoms with E-state index in [9.17, 15) is 14.9 Å². The Morgan fingerprint density at radius 2 is 2.20 bits per heavy atom. The monoisotopic (exact) mass is 274 g/mol. The van der Waals surface area contributed by atoms with Crippen molar-refractivity contribution in [3.05, 3.63) is 33.9 Å². The predicted octanol–water partition coefficient (Wildman–Crippen LogP) is 1.40. The van der Waals surface area contributed by atoms with Crippen molar-refractivity contribution in [3.63, 3.8) is 0 Å². The first-order valence-corrected chi connectivity index (χ1v) is 6.32. The molecule has 0 bridgehead atoms. The molecule has 104 valence electrons. The van der Waals surface area contributed by atoms with Crippen LogP contribution in [0.3, 0.4) is 0 Å². The summed E-state index contributed by atoms with van der Waals surface area (Å²) in [5.41, 5.74) is 0.626. The Morgan fingerprint density at radius 3 is 2.80 bits per heavy atom. The molecule has 0 atom stereocenters. The molecule has 2 rings (SSSR count). The number of rotatable bonds is 6. The fourth-order valence-corrected chi connectivity index (χ4v) is 1.77. The van der Waals surface area contributed by atoms with Crippen molar-refractivity contribution in [3.8, 4) is 6.07 Å². The molecule has 1 aromatic rings. The first kappa shape index (κ1) is 13.8. The molecule has 7 nitrogen and oxygen atoms in total. The van der Waals surface area contributed by atoms with E-state index < -0.39 is 4.92 Å². The minimum absolute atomic E-state index is 0.0657. The van der Waals surface area contributed by atoms with Crippen molar-refractivity contribution in [2.75, 3.05) is 18.4 Å². The van der Waals surface area contributed by atoms with E-state index in [4.69, 9.17) is 5.26 Å². The van der Waals surface area contributed by atoms with Crippen LogP contribution in [0.15, 0.2) is 18.2 Å². The van der Waals surface area contributed by atoms with E-state index in [1.54, 1.807) is 0 Å². The van der Waals surface area contributed by atoms with Crippen molar-refractivity contribution in [2.24, 2.45) is 5.92 Å². The molecule has 0 heterocycles. The summed E-state index contributed by atoms with van der Waals surface area (Å²) < 4.78 is 0. The number of carbonyl (C=O) groups excluding carboxylic acids is 1. The number of anilines is 1. The lowest BCUT2D eigenvalue weighted by atomic mass is 10.1. The number of amides is 1. The van der Waals surface area contributed by atoms with E-state index in [0.29, 0.717) is 18.8 Å². The third-order valence-corrected chi connectivity index (χ3v) is 3.02. The van der Waals surface area contributed by atoms with Crippen molar-refractivity contribution < 1.29 is 9.72 Å². The molecule has 1 aliphatic rings. The van der Waals surface area contributed by atoms with Gasteiger partial charge in [-0.05, 0) is 18.9 Å². The number of nitrogens with zero attached hydrogens (tertiary/aromatic N) is 2. The molecular formula is C13H14N4O3. The molecule has 1 fully saturated rings. The number of nitro benzene ring substituents is 1. The Bertz CT molecular complexity index is 575. The third-order valence-electron chi connectivity index (χ3n) is 3.02. The molecule has 0 radical (unpaired) electrons. The van der Waals surface area contributed by atoms with Gasteiger partial charge in [-0.15, -0.1) is 0 Å². The summed E-state index contributed by atoms with van der Waals surface area (Å²) >= 11 is 0. The quantitative estimate of drug-likeness (QED) is 0.463. The molecule has 0 aromatic heterocycles. The number of hydrogen-bond donors (Lipinski definition) is 2. The maximum absolute atomic E-state index is 11.4. The van der Waals surface area contributed by atoms with Crippen LogP contribution in [0.4, 0.5) is 11.4 Å². The zero-order valence-corrected chi connectivity index (χ0v) is 10.8. The lowest BCUT2D eigenvalue weighted by Gasteiger charge is -2.09. The zero-order valence-electron chi connectivity index (χ0n) is 10.8. The van der Waals surface area contributed by atoms with E-state index in [0.717, 1.165) is 12.8 Å². The van der Waals surface area contributed by atoms with E-state index in [1.165, 1.54) is 18.2 Å². The van der Waals surface area contributed by atoms with E-state index >= 15 is 0 Å². The summed E-state index contributed by atoms with van der Waals surface area (Å²) in [6.07, 6.45) is 1.92. The van der Waals surface area contributed by atoms with Gasteiger partial charge >= 0.3 is 0 Å². The Morgan fingerprint density at radius 1 is 1.45 bits per heavy atom. The second-order valence-electron chi connectivity index (χ2n) is 4.59. The van der Waals surface area contributed by atoms with Crippen LogP contribution in [0.2, 0.25) is 0 Å². The second-order valence-corrected chi connectivity index (χ2v) is 4.59. The van der Waals surface area contributed by atoms with Crippen LogP contribution in [0, 0.1) is 27.4 Å². The third kappa shape index (κ3) is 3.45. The zero-order chi connectivity index (χ0) is 14.5. The van der Waals surface area contributed by atoms with Crippen LogP contribution in [0.25, 0.3) is 0 Å². The Balaban J connectivity index is 1.87. The molecule has 0 aliphatic heterocycles. The normalized spacial score (nSPS) is 13.3. The summed E-state index contributed by atoms with van der Waals surface area (Å²) in [5.74, 6) is 0.236. The average Bonchev–Trinajstić information content (AvgIpc) is 3.27.